The summed E-state index contributed by atoms with van der Waals surface area (Å²) >= 11 is 0. The van der Waals surface area contributed by atoms with Crippen LogP contribution in [0.2, 0.25) is 0 Å². The van der Waals surface area contributed by atoms with Gasteiger partial charge in [0.15, 0.2) is 0 Å². The second-order valence-corrected chi connectivity index (χ2v) is 6.55. The van der Waals surface area contributed by atoms with Crippen LogP contribution in [-0.4, -0.2) is 47.9 Å². The van der Waals surface area contributed by atoms with E-state index in [0.29, 0.717) is 5.75 Å². The Morgan fingerprint density at radius 3 is 2.32 bits per heavy atom. The Hall–Kier alpha value is -3.06. The molecule has 7 nitrogen and oxygen atoms in total. The van der Waals surface area contributed by atoms with E-state index in [1.54, 1.807) is 31.4 Å². The smallest absolute Gasteiger partial charge is 0.410 e. The minimum absolute atomic E-state index is 0.0376. The van der Waals surface area contributed by atoms with Crippen molar-refractivity contribution in [2.24, 2.45) is 0 Å². The standard InChI is InChI=1S/C21H23NO6/c1-26-18-9-7-16(8-10-18)13-27-20(24)19-11-17(23)12-22(19)21(25)28-14-15-5-3-2-4-6-15/h2-10,17,19,23H,11-14H2,1H3/t17-,19+/m1/s1. The Labute approximate surface area is 163 Å². The van der Waals surface area contributed by atoms with Gasteiger partial charge in [0, 0.05) is 6.42 Å². The van der Waals surface area contributed by atoms with Crippen LogP contribution in [0.4, 0.5) is 4.79 Å². The van der Waals surface area contributed by atoms with Gasteiger partial charge in [0.25, 0.3) is 0 Å². The van der Waals surface area contributed by atoms with Crippen molar-refractivity contribution in [3.8, 4) is 5.75 Å². The Bertz CT molecular complexity index is 792. The van der Waals surface area contributed by atoms with Crippen LogP contribution in [0.25, 0.3) is 0 Å². The Kier molecular flexibility index (Phi) is 6.49. The third-order valence-corrected chi connectivity index (χ3v) is 4.53. The number of aliphatic hydroxyl groups is 1. The van der Waals surface area contributed by atoms with E-state index in [-0.39, 0.29) is 26.2 Å². The van der Waals surface area contributed by atoms with Gasteiger partial charge in [0.2, 0.25) is 0 Å². The quantitative estimate of drug-likeness (QED) is 0.769. The molecule has 1 aliphatic rings. The Morgan fingerprint density at radius 2 is 1.64 bits per heavy atom. The van der Waals surface area contributed by atoms with Gasteiger partial charge < -0.3 is 19.3 Å². The Morgan fingerprint density at radius 1 is 1.00 bits per heavy atom. The first-order chi connectivity index (χ1) is 13.6. The normalized spacial score (nSPS) is 18.6. The summed E-state index contributed by atoms with van der Waals surface area (Å²) in [6.45, 7) is 0.206. The van der Waals surface area contributed by atoms with E-state index in [2.05, 4.69) is 0 Å². The van der Waals surface area contributed by atoms with E-state index in [1.807, 2.05) is 30.3 Å². The molecule has 2 aromatic carbocycles. The number of ether oxygens (including phenoxy) is 3. The van der Waals surface area contributed by atoms with E-state index in [4.69, 9.17) is 14.2 Å². The summed E-state index contributed by atoms with van der Waals surface area (Å²) in [5.74, 6) is 0.144. The molecular formula is C21H23NO6. The van der Waals surface area contributed by atoms with Crippen molar-refractivity contribution in [3.05, 3.63) is 65.7 Å². The number of β-amino-alcohol motifs (C(OH)–C–C–N with tert-alkyl or cyclic N) is 1. The molecule has 0 unspecified atom stereocenters. The second-order valence-electron chi connectivity index (χ2n) is 6.55. The third kappa shape index (κ3) is 5.01. The van der Waals surface area contributed by atoms with Crippen molar-refractivity contribution in [2.45, 2.75) is 31.8 Å². The molecule has 1 N–H and O–H groups in total. The summed E-state index contributed by atoms with van der Waals surface area (Å²) in [5, 5.41) is 9.92. The van der Waals surface area contributed by atoms with Crippen LogP contribution in [-0.2, 0) is 27.5 Å². The predicted molar refractivity (Wildman–Crippen MR) is 101 cm³/mol. The van der Waals surface area contributed by atoms with E-state index in [0.717, 1.165) is 11.1 Å². The summed E-state index contributed by atoms with van der Waals surface area (Å²) in [7, 11) is 1.58. The van der Waals surface area contributed by atoms with Gasteiger partial charge in [-0.1, -0.05) is 42.5 Å². The van der Waals surface area contributed by atoms with Crippen LogP contribution < -0.4 is 4.74 Å². The molecule has 1 heterocycles. The van der Waals surface area contributed by atoms with Crippen LogP contribution in [0, 0.1) is 0 Å². The number of likely N-dealkylation sites (tertiary alicyclic amines) is 1. The van der Waals surface area contributed by atoms with Crippen molar-refractivity contribution in [1.82, 2.24) is 4.90 Å². The molecule has 3 rings (SSSR count). The highest BCUT2D eigenvalue weighted by Gasteiger charge is 2.40. The first kappa shape index (κ1) is 19.7. The molecule has 1 saturated heterocycles. The lowest BCUT2D eigenvalue weighted by Gasteiger charge is -2.22. The molecular weight excluding hydrogens is 362 g/mol. The molecule has 1 aliphatic heterocycles. The van der Waals surface area contributed by atoms with Gasteiger partial charge >= 0.3 is 12.1 Å². The summed E-state index contributed by atoms with van der Waals surface area (Å²) in [4.78, 5) is 26.1. The van der Waals surface area contributed by atoms with E-state index in [9.17, 15) is 14.7 Å². The molecule has 148 valence electrons. The van der Waals surface area contributed by atoms with Crippen LogP contribution in [0.3, 0.4) is 0 Å². The maximum atomic E-state index is 12.5. The van der Waals surface area contributed by atoms with Gasteiger partial charge in [-0.3, -0.25) is 4.90 Å². The zero-order valence-corrected chi connectivity index (χ0v) is 15.6. The van der Waals surface area contributed by atoms with E-state index in [1.165, 1.54) is 4.90 Å². The number of rotatable bonds is 6. The highest BCUT2D eigenvalue weighted by Crippen LogP contribution is 2.21. The molecule has 2 aromatic rings. The van der Waals surface area contributed by atoms with Gasteiger partial charge in [-0.2, -0.15) is 0 Å². The molecule has 1 amide bonds. The topological polar surface area (TPSA) is 85.3 Å². The summed E-state index contributed by atoms with van der Waals surface area (Å²) in [5.41, 5.74) is 1.64. The fourth-order valence-corrected chi connectivity index (χ4v) is 3.01. The summed E-state index contributed by atoms with van der Waals surface area (Å²) < 4.78 is 15.7. The van der Waals surface area contributed by atoms with Gasteiger partial charge in [0.1, 0.15) is 25.0 Å². The van der Waals surface area contributed by atoms with Crippen molar-refractivity contribution >= 4 is 12.1 Å². The van der Waals surface area contributed by atoms with Crippen LogP contribution in [0.15, 0.2) is 54.6 Å². The lowest BCUT2D eigenvalue weighted by molar-refractivity contribution is -0.149. The zero-order chi connectivity index (χ0) is 19.9. The highest BCUT2D eigenvalue weighted by atomic mass is 16.6. The summed E-state index contributed by atoms with van der Waals surface area (Å²) in [6.07, 6.45) is -1.31. The van der Waals surface area contributed by atoms with Crippen LogP contribution >= 0.6 is 0 Å². The number of benzene rings is 2. The second kappa shape index (κ2) is 9.23. The molecule has 7 heteroatoms. The number of carbonyl (C=O) groups excluding carboxylic acids is 2. The molecule has 0 aromatic heterocycles. The molecule has 28 heavy (non-hydrogen) atoms. The minimum atomic E-state index is -0.864. The highest BCUT2D eigenvalue weighted by molar-refractivity contribution is 5.82. The minimum Gasteiger partial charge on any atom is -0.497 e. The molecule has 0 aliphatic carbocycles. The van der Waals surface area contributed by atoms with Crippen molar-refractivity contribution in [3.63, 3.8) is 0 Å². The lowest BCUT2D eigenvalue weighted by Crippen LogP contribution is -2.41. The first-order valence-corrected chi connectivity index (χ1v) is 9.02. The largest absolute Gasteiger partial charge is 0.497 e. The van der Waals surface area contributed by atoms with Gasteiger partial charge in [-0.15, -0.1) is 0 Å². The number of hydrogen-bond acceptors (Lipinski definition) is 6. The zero-order valence-electron chi connectivity index (χ0n) is 15.6. The molecule has 0 bridgehead atoms. The average molecular weight is 385 g/mol. The number of amides is 1. The maximum absolute atomic E-state index is 12.5. The maximum Gasteiger partial charge on any atom is 0.410 e. The molecule has 0 radical (unpaired) electrons. The SMILES string of the molecule is COc1ccc(COC(=O)[C@@H]2C[C@@H](O)CN2C(=O)OCc2ccccc2)cc1. The van der Waals surface area contributed by atoms with Gasteiger partial charge in [-0.25, -0.2) is 9.59 Å². The molecule has 0 spiro atoms. The fourth-order valence-electron chi connectivity index (χ4n) is 3.01. The third-order valence-electron chi connectivity index (χ3n) is 4.53. The van der Waals surface area contributed by atoms with Crippen LogP contribution in [0.5, 0.6) is 5.75 Å². The van der Waals surface area contributed by atoms with Crippen molar-refractivity contribution in [1.29, 1.82) is 0 Å². The molecule has 0 saturated carbocycles. The number of aliphatic hydroxyl groups excluding tert-OH is 1. The lowest BCUT2D eigenvalue weighted by atomic mass is 10.2. The van der Waals surface area contributed by atoms with E-state index >= 15 is 0 Å². The monoisotopic (exact) mass is 385 g/mol. The van der Waals surface area contributed by atoms with Gasteiger partial charge in [-0.05, 0) is 23.3 Å². The van der Waals surface area contributed by atoms with Crippen molar-refractivity contribution in [2.75, 3.05) is 13.7 Å². The van der Waals surface area contributed by atoms with Crippen LogP contribution in [0.1, 0.15) is 17.5 Å². The number of methoxy groups -OCH3 is 1. The fraction of sp³-hybridized carbons (Fsp3) is 0.333. The van der Waals surface area contributed by atoms with Crippen molar-refractivity contribution < 1.29 is 28.9 Å². The first-order valence-electron chi connectivity index (χ1n) is 9.02. The average Bonchev–Trinajstić information content (AvgIpc) is 3.13. The molecule has 1 fully saturated rings. The number of hydrogen-bond donors (Lipinski definition) is 1. The number of carbonyl (C=O) groups is 2. The summed E-state index contributed by atoms with van der Waals surface area (Å²) in [6, 6.07) is 15.5. The Balaban J connectivity index is 1.55. The van der Waals surface area contributed by atoms with E-state index < -0.39 is 24.2 Å². The molecule has 2 atom stereocenters. The predicted octanol–water partition coefficient (Wildman–Crippen LogP) is 2.51. The van der Waals surface area contributed by atoms with Gasteiger partial charge in [0.05, 0.1) is 19.8 Å². The number of esters is 1. The number of nitrogens with zero attached hydrogens (tertiary/aromatic N) is 1.